The lowest BCUT2D eigenvalue weighted by molar-refractivity contribution is 0.669. The van der Waals surface area contributed by atoms with Crippen molar-refractivity contribution in [2.45, 2.75) is 6.92 Å². The van der Waals surface area contributed by atoms with E-state index < -0.39 is 0 Å². The van der Waals surface area contributed by atoms with Crippen LogP contribution in [0.3, 0.4) is 0 Å². The topological polar surface area (TPSA) is 16.4 Å². The molecule has 2 nitrogen and oxygen atoms in total. The standard InChI is InChI=1S/C53H37NO/c1-36-33-43-13-5-6-16-47(43)50(34-36)41-27-31-45(32-28-41)54(46-15-9-14-42(35-46)37-11-3-2-4-12-37)44-29-25-39(26-30-44)38-21-23-40(24-22-38)48-18-10-20-52-53(48)49-17-7-8-19-51(49)55-52/h2-35H,1H3. The Hall–Kier alpha value is -7.16. The molecule has 0 atom stereocenters. The van der Waals surface area contributed by atoms with Gasteiger partial charge in [-0.1, -0.05) is 158 Å². The summed E-state index contributed by atoms with van der Waals surface area (Å²) in [6.45, 7) is 2.17. The van der Waals surface area contributed by atoms with Crippen molar-refractivity contribution >= 4 is 49.8 Å². The van der Waals surface area contributed by atoms with Crippen molar-refractivity contribution in [1.29, 1.82) is 0 Å². The highest BCUT2D eigenvalue weighted by Crippen LogP contribution is 2.40. The maximum absolute atomic E-state index is 6.17. The molecule has 0 aliphatic heterocycles. The van der Waals surface area contributed by atoms with Crippen molar-refractivity contribution in [3.05, 3.63) is 212 Å². The summed E-state index contributed by atoms with van der Waals surface area (Å²) in [6.07, 6.45) is 0. The van der Waals surface area contributed by atoms with E-state index in [0.29, 0.717) is 0 Å². The van der Waals surface area contributed by atoms with Crippen LogP contribution in [0.4, 0.5) is 17.1 Å². The van der Waals surface area contributed by atoms with Gasteiger partial charge in [0.25, 0.3) is 0 Å². The lowest BCUT2D eigenvalue weighted by Gasteiger charge is -2.26. The average molecular weight is 704 g/mol. The van der Waals surface area contributed by atoms with E-state index in [0.717, 1.165) is 39.0 Å². The maximum atomic E-state index is 6.17. The Bertz CT molecular complexity index is 2960. The van der Waals surface area contributed by atoms with E-state index in [1.165, 1.54) is 60.8 Å². The summed E-state index contributed by atoms with van der Waals surface area (Å²) in [5, 5.41) is 4.83. The molecule has 0 N–H and O–H groups in total. The van der Waals surface area contributed by atoms with Gasteiger partial charge in [-0.05, 0) is 116 Å². The summed E-state index contributed by atoms with van der Waals surface area (Å²) in [5.74, 6) is 0. The monoisotopic (exact) mass is 703 g/mol. The number of nitrogens with zero attached hydrogens (tertiary/aromatic N) is 1. The summed E-state index contributed by atoms with van der Waals surface area (Å²) in [6, 6.07) is 74.0. The number of rotatable bonds is 7. The molecule has 0 aliphatic carbocycles. The smallest absolute Gasteiger partial charge is 0.136 e. The van der Waals surface area contributed by atoms with Crippen molar-refractivity contribution in [2.24, 2.45) is 0 Å². The van der Waals surface area contributed by atoms with Crippen molar-refractivity contribution < 1.29 is 4.42 Å². The Morgan fingerprint density at radius 1 is 0.345 bits per heavy atom. The van der Waals surface area contributed by atoms with Crippen LogP contribution in [-0.2, 0) is 0 Å². The summed E-state index contributed by atoms with van der Waals surface area (Å²) in [7, 11) is 0. The highest BCUT2D eigenvalue weighted by atomic mass is 16.3. The van der Waals surface area contributed by atoms with Gasteiger partial charge in [-0.15, -0.1) is 0 Å². The van der Waals surface area contributed by atoms with E-state index >= 15 is 0 Å². The highest BCUT2D eigenvalue weighted by Gasteiger charge is 2.16. The first-order valence-electron chi connectivity index (χ1n) is 18.8. The fourth-order valence-electron chi connectivity index (χ4n) is 8.05. The lowest BCUT2D eigenvalue weighted by Crippen LogP contribution is -2.10. The number of hydrogen-bond acceptors (Lipinski definition) is 2. The number of hydrogen-bond donors (Lipinski definition) is 0. The zero-order valence-electron chi connectivity index (χ0n) is 30.5. The zero-order valence-corrected chi connectivity index (χ0v) is 30.5. The Morgan fingerprint density at radius 3 is 1.65 bits per heavy atom. The SMILES string of the molecule is Cc1cc(-c2ccc(N(c3ccc(-c4ccc(-c5cccc6oc7ccccc7c56)cc4)cc3)c3cccc(-c4ccccc4)c3)cc2)c2ccccc2c1. The average Bonchev–Trinajstić information content (AvgIpc) is 3.64. The second-order valence-corrected chi connectivity index (χ2v) is 14.2. The number of anilines is 3. The Morgan fingerprint density at radius 2 is 0.891 bits per heavy atom. The van der Waals surface area contributed by atoms with Crippen molar-refractivity contribution in [3.8, 4) is 44.5 Å². The van der Waals surface area contributed by atoms with Crippen LogP contribution in [0, 0.1) is 6.92 Å². The minimum atomic E-state index is 0.913. The first kappa shape index (κ1) is 32.5. The van der Waals surface area contributed by atoms with Gasteiger partial charge in [0.1, 0.15) is 11.2 Å². The van der Waals surface area contributed by atoms with Gasteiger partial charge in [-0.2, -0.15) is 0 Å². The third-order valence-electron chi connectivity index (χ3n) is 10.7. The van der Waals surface area contributed by atoms with Crippen molar-refractivity contribution in [1.82, 2.24) is 0 Å². The van der Waals surface area contributed by atoms with E-state index in [-0.39, 0.29) is 0 Å². The Labute approximate surface area is 321 Å². The van der Waals surface area contributed by atoms with Crippen LogP contribution in [0.5, 0.6) is 0 Å². The Balaban J connectivity index is 1.01. The van der Waals surface area contributed by atoms with Gasteiger partial charge in [0.15, 0.2) is 0 Å². The van der Waals surface area contributed by atoms with Crippen LogP contribution in [0.1, 0.15) is 5.56 Å². The number of fused-ring (bicyclic) bond motifs is 4. The van der Waals surface area contributed by atoms with E-state index in [1.807, 2.05) is 12.1 Å². The van der Waals surface area contributed by atoms with E-state index in [4.69, 9.17) is 4.42 Å². The van der Waals surface area contributed by atoms with Gasteiger partial charge in [-0.25, -0.2) is 0 Å². The molecule has 0 fully saturated rings. The second-order valence-electron chi connectivity index (χ2n) is 14.2. The molecule has 10 aromatic rings. The molecule has 0 amide bonds. The Kier molecular flexibility index (Phi) is 8.08. The summed E-state index contributed by atoms with van der Waals surface area (Å²) < 4.78 is 6.17. The van der Waals surface area contributed by atoms with Crippen LogP contribution in [0.15, 0.2) is 211 Å². The lowest BCUT2D eigenvalue weighted by atomic mass is 9.95. The molecule has 0 bridgehead atoms. The second kappa shape index (κ2) is 13.7. The van der Waals surface area contributed by atoms with Crippen LogP contribution in [0.25, 0.3) is 77.2 Å². The molecular weight excluding hydrogens is 667 g/mol. The van der Waals surface area contributed by atoms with Gasteiger partial charge in [-0.3, -0.25) is 0 Å². The first-order chi connectivity index (χ1) is 27.2. The molecule has 0 saturated heterocycles. The van der Waals surface area contributed by atoms with Crippen LogP contribution < -0.4 is 4.90 Å². The van der Waals surface area contributed by atoms with Crippen molar-refractivity contribution in [3.63, 3.8) is 0 Å². The molecule has 10 rings (SSSR count). The third kappa shape index (κ3) is 6.04. The molecule has 1 heterocycles. The number of furan rings is 1. The molecule has 0 saturated carbocycles. The minimum Gasteiger partial charge on any atom is -0.456 e. The molecular formula is C53H37NO. The summed E-state index contributed by atoms with van der Waals surface area (Å²) in [4.78, 5) is 2.35. The zero-order chi connectivity index (χ0) is 36.7. The molecule has 1 aromatic heterocycles. The summed E-state index contributed by atoms with van der Waals surface area (Å²) >= 11 is 0. The van der Waals surface area contributed by atoms with Gasteiger partial charge < -0.3 is 9.32 Å². The normalized spacial score (nSPS) is 11.4. The molecule has 260 valence electrons. The quantitative estimate of drug-likeness (QED) is 0.164. The fraction of sp³-hybridized carbons (Fsp3) is 0.0189. The number of aryl methyl sites for hydroxylation is 1. The van der Waals surface area contributed by atoms with Crippen LogP contribution in [0.2, 0.25) is 0 Å². The number of para-hydroxylation sites is 1. The molecule has 0 radical (unpaired) electrons. The molecule has 9 aromatic carbocycles. The minimum absolute atomic E-state index is 0.913. The van der Waals surface area contributed by atoms with E-state index in [2.05, 4.69) is 206 Å². The summed E-state index contributed by atoms with van der Waals surface area (Å²) in [5.41, 5.74) is 15.9. The maximum Gasteiger partial charge on any atom is 0.136 e. The molecule has 0 unspecified atom stereocenters. The molecule has 2 heteroatoms. The largest absolute Gasteiger partial charge is 0.456 e. The fourth-order valence-corrected chi connectivity index (χ4v) is 8.05. The van der Waals surface area contributed by atoms with Gasteiger partial charge in [0.05, 0.1) is 0 Å². The predicted molar refractivity (Wildman–Crippen MR) is 232 cm³/mol. The molecule has 55 heavy (non-hydrogen) atoms. The van der Waals surface area contributed by atoms with E-state index in [9.17, 15) is 0 Å². The predicted octanol–water partition coefficient (Wildman–Crippen LogP) is 15.2. The number of benzene rings is 9. The first-order valence-corrected chi connectivity index (χ1v) is 18.8. The van der Waals surface area contributed by atoms with Crippen LogP contribution >= 0.6 is 0 Å². The van der Waals surface area contributed by atoms with Gasteiger partial charge >= 0.3 is 0 Å². The van der Waals surface area contributed by atoms with Gasteiger partial charge in [0, 0.05) is 27.8 Å². The molecule has 0 spiro atoms. The van der Waals surface area contributed by atoms with Crippen LogP contribution in [-0.4, -0.2) is 0 Å². The van der Waals surface area contributed by atoms with Gasteiger partial charge in [0.2, 0.25) is 0 Å². The molecule has 0 aliphatic rings. The van der Waals surface area contributed by atoms with Crippen molar-refractivity contribution in [2.75, 3.05) is 4.90 Å². The third-order valence-corrected chi connectivity index (χ3v) is 10.7. The van der Waals surface area contributed by atoms with E-state index in [1.54, 1.807) is 0 Å². The highest BCUT2D eigenvalue weighted by molar-refractivity contribution is 6.12.